The Kier molecular flexibility index (Phi) is 7.22. The molecule has 9 nitrogen and oxygen atoms in total. The second-order valence-corrected chi connectivity index (χ2v) is 11.2. The molecule has 1 aliphatic rings. The van der Waals surface area contributed by atoms with Crippen molar-refractivity contribution in [3.05, 3.63) is 132 Å². The van der Waals surface area contributed by atoms with Crippen LogP contribution in [-0.2, 0) is 14.9 Å². The van der Waals surface area contributed by atoms with Gasteiger partial charge in [0.25, 0.3) is 10.1 Å². The first-order valence-corrected chi connectivity index (χ1v) is 14.6. The number of esters is 1. The van der Waals surface area contributed by atoms with E-state index in [4.69, 9.17) is 4.74 Å². The summed E-state index contributed by atoms with van der Waals surface area (Å²) in [7, 11) is -4.91. The highest BCUT2D eigenvalue weighted by molar-refractivity contribution is 7.86. The summed E-state index contributed by atoms with van der Waals surface area (Å²) in [5, 5.41) is 9.94. The van der Waals surface area contributed by atoms with Crippen molar-refractivity contribution >= 4 is 49.8 Å². The summed E-state index contributed by atoms with van der Waals surface area (Å²) in [5.41, 5.74) is 0.139. The van der Waals surface area contributed by atoms with Crippen molar-refractivity contribution in [2.75, 3.05) is 0 Å². The highest BCUT2D eigenvalue weighted by Gasteiger charge is 2.47. The molecule has 0 saturated heterocycles. The van der Waals surface area contributed by atoms with Gasteiger partial charge in [0.15, 0.2) is 11.6 Å². The summed E-state index contributed by atoms with van der Waals surface area (Å²) in [6, 6.07) is 31.2. The zero-order valence-corrected chi connectivity index (χ0v) is 23.1. The Morgan fingerprint density at radius 1 is 0.767 bits per heavy atom. The van der Waals surface area contributed by atoms with E-state index in [2.05, 4.69) is 10.2 Å². The first-order valence-electron chi connectivity index (χ1n) is 13.2. The molecule has 1 N–H and O–H groups in total. The Balaban J connectivity index is 1.53. The van der Waals surface area contributed by atoms with E-state index in [-0.39, 0.29) is 16.9 Å². The maximum atomic E-state index is 14.3. The maximum absolute atomic E-state index is 14.3. The van der Waals surface area contributed by atoms with Crippen LogP contribution in [0.4, 0.5) is 11.4 Å². The van der Waals surface area contributed by atoms with Crippen LogP contribution in [-0.4, -0.2) is 30.5 Å². The van der Waals surface area contributed by atoms with Gasteiger partial charge in [0.2, 0.25) is 0 Å². The molecule has 212 valence electrons. The van der Waals surface area contributed by atoms with Crippen LogP contribution in [0.15, 0.2) is 130 Å². The van der Waals surface area contributed by atoms with Gasteiger partial charge in [0.1, 0.15) is 22.3 Å². The second kappa shape index (κ2) is 11.2. The SMILES string of the molecule is O=C1Oc2ccc(S(=O)(=O)O)c(N=Nc3cccc4ccccc34)c2C(=O)C1C(C(=O)c1ccccc1)c1ccccc1. The minimum atomic E-state index is -4.91. The van der Waals surface area contributed by atoms with Crippen LogP contribution in [0.5, 0.6) is 5.75 Å². The Morgan fingerprint density at radius 2 is 1.42 bits per heavy atom. The van der Waals surface area contributed by atoms with E-state index >= 15 is 0 Å². The molecule has 0 amide bonds. The van der Waals surface area contributed by atoms with Gasteiger partial charge in [0, 0.05) is 10.9 Å². The standard InChI is InChI=1S/C33H22N2O7S/c36-31(22-13-5-2-6-14-22)27(21-11-3-1-4-12-21)29-32(37)28-25(42-33(29)38)18-19-26(43(39,40)41)30(28)35-34-24-17-9-15-20-10-7-8-16-23(20)24/h1-19,27,29H,(H,39,40,41). The van der Waals surface area contributed by atoms with Crippen LogP contribution in [0.2, 0.25) is 0 Å². The van der Waals surface area contributed by atoms with E-state index in [0.29, 0.717) is 16.6 Å². The number of ether oxygens (including phenoxy) is 1. The number of azo groups is 1. The van der Waals surface area contributed by atoms with Crippen LogP contribution >= 0.6 is 0 Å². The lowest BCUT2D eigenvalue weighted by Gasteiger charge is -2.29. The fraction of sp³-hybridized carbons (Fsp3) is 0.0606. The third kappa shape index (κ3) is 5.25. The average molecular weight is 591 g/mol. The van der Waals surface area contributed by atoms with E-state index < -0.39 is 50.1 Å². The van der Waals surface area contributed by atoms with Gasteiger partial charge in [-0.2, -0.15) is 8.42 Å². The third-order valence-corrected chi connectivity index (χ3v) is 8.12. The first-order chi connectivity index (χ1) is 20.7. The molecular weight excluding hydrogens is 568 g/mol. The smallest absolute Gasteiger partial charge is 0.323 e. The quantitative estimate of drug-likeness (QED) is 0.0544. The van der Waals surface area contributed by atoms with Gasteiger partial charge >= 0.3 is 5.97 Å². The van der Waals surface area contributed by atoms with E-state index in [9.17, 15) is 27.4 Å². The Labute approximate surface area is 246 Å². The number of carbonyl (C=O) groups is 3. The third-order valence-electron chi connectivity index (χ3n) is 7.23. The molecule has 0 aliphatic carbocycles. The van der Waals surface area contributed by atoms with Gasteiger partial charge in [-0.15, -0.1) is 10.2 Å². The average Bonchev–Trinajstić information content (AvgIpc) is 3.01. The van der Waals surface area contributed by atoms with Crippen LogP contribution in [0.3, 0.4) is 0 Å². The maximum Gasteiger partial charge on any atom is 0.323 e. The predicted octanol–water partition coefficient (Wildman–Crippen LogP) is 6.89. The monoisotopic (exact) mass is 590 g/mol. The second-order valence-electron chi connectivity index (χ2n) is 9.84. The van der Waals surface area contributed by atoms with E-state index in [1.165, 1.54) is 0 Å². The molecular formula is C33H22N2O7S. The lowest BCUT2D eigenvalue weighted by Crippen LogP contribution is -2.40. The number of ketones is 2. The van der Waals surface area contributed by atoms with Crippen molar-refractivity contribution in [1.82, 2.24) is 0 Å². The highest BCUT2D eigenvalue weighted by Crippen LogP contribution is 2.44. The Morgan fingerprint density at radius 3 is 2.14 bits per heavy atom. The van der Waals surface area contributed by atoms with E-state index in [1.807, 2.05) is 18.2 Å². The summed E-state index contributed by atoms with van der Waals surface area (Å²) >= 11 is 0. The zero-order chi connectivity index (χ0) is 30.1. The summed E-state index contributed by atoms with van der Waals surface area (Å²) in [6.45, 7) is 0. The van der Waals surface area contributed by atoms with E-state index in [1.54, 1.807) is 84.9 Å². The van der Waals surface area contributed by atoms with Gasteiger partial charge in [0.05, 0.1) is 17.2 Å². The molecule has 6 rings (SSSR count). The molecule has 0 aromatic heterocycles. The molecule has 0 fully saturated rings. The number of hydrogen-bond donors (Lipinski definition) is 1. The topological polar surface area (TPSA) is 140 Å². The molecule has 2 unspecified atom stereocenters. The van der Waals surface area contributed by atoms with E-state index in [0.717, 1.165) is 17.5 Å². The molecule has 2 atom stereocenters. The molecule has 5 aromatic carbocycles. The lowest BCUT2D eigenvalue weighted by molar-refractivity contribution is -0.138. The molecule has 10 heteroatoms. The van der Waals surface area contributed by atoms with Gasteiger partial charge in [-0.3, -0.25) is 18.9 Å². The predicted molar refractivity (Wildman–Crippen MR) is 158 cm³/mol. The summed E-state index contributed by atoms with van der Waals surface area (Å²) in [4.78, 5) is 40.8. The Hall–Kier alpha value is -5.32. The van der Waals surface area contributed by atoms with Gasteiger partial charge in [-0.05, 0) is 29.1 Å². The fourth-order valence-corrected chi connectivity index (χ4v) is 5.87. The van der Waals surface area contributed by atoms with Crippen molar-refractivity contribution in [1.29, 1.82) is 0 Å². The molecule has 0 spiro atoms. The minimum absolute atomic E-state index is 0.260. The summed E-state index contributed by atoms with van der Waals surface area (Å²) < 4.78 is 40.5. The molecule has 5 aromatic rings. The van der Waals surface area contributed by atoms with Crippen LogP contribution in [0.1, 0.15) is 32.2 Å². The van der Waals surface area contributed by atoms with Crippen molar-refractivity contribution in [2.24, 2.45) is 16.1 Å². The van der Waals surface area contributed by atoms with Gasteiger partial charge in [-0.25, -0.2) is 0 Å². The van der Waals surface area contributed by atoms with Crippen molar-refractivity contribution in [3.8, 4) is 5.75 Å². The fourth-order valence-electron chi connectivity index (χ4n) is 5.24. The zero-order valence-electron chi connectivity index (χ0n) is 22.3. The number of rotatable bonds is 7. The van der Waals surface area contributed by atoms with Gasteiger partial charge in [-0.1, -0.05) is 97.1 Å². The number of nitrogens with zero attached hydrogens (tertiary/aromatic N) is 2. The number of Topliss-reactive ketones (excluding diaryl/α,β-unsaturated/α-hetero) is 2. The normalized spacial score (nSPS) is 15.7. The van der Waals surface area contributed by atoms with Crippen LogP contribution in [0, 0.1) is 5.92 Å². The molecule has 43 heavy (non-hydrogen) atoms. The van der Waals surface area contributed by atoms with Gasteiger partial charge < -0.3 is 4.74 Å². The molecule has 1 heterocycles. The number of fused-ring (bicyclic) bond motifs is 2. The van der Waals surface area contributed by atoms with Crippen LogP contribution in [0.25, 0.3) is 10.8 Å². The highest BCUT2D eigenvalue weighted by atomic mass is 32.2. The van der Waals surface area contributed by atoms with Crippen molar-refractivity contribution in [2.45, 2.75) is 10.8 Å². The number of benzene rings is 5. The molecule has 1 aliphatic heterocycles. The first kappa shape index (κ1) is 27.8. The minimum Gasteiger partial charge on any atom is -0.425 e. The van der Waals surface area contributed by atoms with Crippen LogP contribution < -0.4 is 4.74 Å². The lowest BCUT2D eigenvalue weighted by atomic mass is 9.75. The number of hydrogen-bond acceptors (Lipinski definition) is 8. The largest absolute Gasteiger partial charge is 0.425 e. The molecule has 0 bridgehead atoms. The number of carbonyl (C=O) groups excluding carboxylic acids is 3. The van der Waals surface area contributed by atoms with Crippen molar-refractivity contribution in [3.63, 3.8) is 0 Å². The summed E-state index contributed by atoms with van der Waals surface area (Å²) in [6.07, 6.45) is 0. The molecule has 0 radical (unpaired) electrons. The molecule has 0 saturated carbocycles. The van der Waals surface area contributed by atoms with Crippen molar-refractivity contribution < 1.29 is 32.1 Å². The Bertz CT molecular complexity index is 2040. The summed E-state index contributed by atoms with van der Waals surface area (Å²) in [5.74, 6) is -5.60.